The second-order valence-electron chi connectivity index (χ2n) is 7.12. The minimum atomic E-state index is -0.607. The fourth-order valence-electron chi connectivity index (χ4n) is 3.62. The molecule has 0 radical (unpaired) electrons. The second kappa shape index (κ2) is 8.31. The summed E-state index contributed by atoms with van der Waals surface area (Å²) in [7, 11) is 0. The van der Waals surface area contributed by atoms with E-state index >= 15 is 0 Å². The van der Waals surface area contributed by atoms with Gasteiger partial charge in [-0.3, -0.25) is 14.9 Å². The van der Waals surface area contributed by atoms with Gasteiger partial charge in [0.15, 0.2) is 6.23 Å². The van der Waals surface area contributed by atoms with Gasteiger partial charge in [-0.25, -0.2) is 4.79 Å². The molecule has 2 atom stereocenters. The Bertz CT molecular complexity index is 865. The summed E-state index contributed by atoms with van der Waals surface area (Å²) in [4.78, 5) is 30.0. The van der Waals surface area contributed by atoms with E-state index in [1.165, 1.54) is 32.1 Å². The minimum Gasteiger partial charge on any atom is -0.308 e. The largest absolute Gasteiger partial charge is 0.326 e. The molecule has 2 unspecified atom stereocenters. The normalized spacial score (nSPS) is 21.8. The monoisotopic (exact) mass is 399 g/mol. The number of carbonyl (C=O) groups excluding carboxylic acids is 2. The van der Waals surface area contributed by atoms with Crippen molar-refractivity contribution in [1.29, 1.82) is 0 Å². The topological polar surface area (TPSA) is 73.7 Å². The number of carbonyl (C=O) groups is 2. The van der Waals surface area contributed by atoms with Crippen LogP contribution in [0.4, 0.5) is 10.5 Å². The molecule has 2 aromatic carbocycles. The van der Waals surface area contributed by atoms with Gasteiger partial charge in [0, 0.05) is 11.7 Å². The molecule has 3 amide bonds. The molecule has 2 aliphatic rings. The fraction of sp³-hybridized carbons (Fsp3) is 0.333. The first-order chi connectivity index (χ1) is 13.6. The molecule has 28 heavy (non-hydrogen) atoms. The van der Waals surface area contributed by atoms with Crippen LogP contribution >= 0.6 is 11.6 Å². The average molecular weight is 400 g/mol. The number of hydroxylamine groups is 2. The quantitative estimate of drug-likeness (QED) is 0.718. The number of anilines is 1. The van der Waals surface area contributed by atoms with E-state index in [1.54, 1.807) is 36.4 Å². The van der Waals surface area contributed by atoms with Gasteiger partial charge in [0.25, 0.3) is 5.91 Å². The number of benzene rings is 2. The molecule has 4 rings (SSSR count). The Hall–Kier alpha value is -2.41. The summed E-state index contributed by atoms with van der Waals surface area (Å²) < 4.78 is 0. The highest BCUT2D eigenvalue weighted by Crippen LogP contribution is 2.43. The van der Waals surface area contributed by atoms with Gasteiger partial charge >= 0.3 is 6.03 Å². The van der Waals surface area contributed by atoms with Crippen LogP contribution in [-0.2, 0) is 4.84 Å². The number of hydrogen-bond donors (Lipinski definition) is 2. The van der Waals surface area contributed by atoms with Gasteiger partial charge in [-0.1, -0.05) is 55.1 Å². The fourth-order valence-corrected chi connectivity index (χ4v) is 3.84. The van der Waals surface area contributed by atoms with Crippen molar-refractivity contribution in [2.24, 2.45) is 0 Å². The highest BCUT2D eigenvalue weighted by Gasteiger charge is 2.43. The van der Waals surface area contributed by atoms with Crippen molar-refractivity contribution in [2.75, 3.05) is 5.32 Å². The Morgan fingerprint density at radius 3 is 2.43 bits per heavy atom. The van der Waals surface area contributed by atoms with E-state index in [-0.39, 0.29) is 11.8 Å². The van der Waals surface area contributed by atoms with Crippen LogP contribution in [0.25, 0.3) is 0 Å². The molecule has 2 fully saturated rings. The third-order valence-corrected chi connectivity index (χ3v) is 5.47. The number of nitrogens with one attached hydrogen (secondary N) is 2. The van der Waals surface area contributed by atoms with Gasteiger partial charge in [0.1, 0.15) is 0 Å². The molecule has 0 spiro atoms. The predicted octanol–water partition coefficient (Wildman–Crippen LogP) is 4.88. The Morgan fingerprint density at radius 2 is 1.71 bits per heavy atom. The number of halogens is 1. The summed E-state index contributed by atoms with van der Waals surface area (Å²) in [5.74, 6) is -0.547. The Balaban J connectivity index is 1.30. The molecule has 1 heterocycles. The summed E-state index contributed by atoms with van der Waals surface area (Å²) in [5, 5.41) is 7.31. The van der Waals surface area contributed by atoms with Crippen molar-refractivity contribution < 1.29 is 14.4 Å². The van der Waals surface area contributed by atoms with Crippen LogP contribution in [0.1, 0.15) is 54.3 Å². The van der Waals surface area contributed by atoms with Crippen LogP contribution in [0.2, 0.25) is 5.02 Å². The lowest BCUT2D eigenvalue weighted by Gasteiger charge is -2.20. The molecule has 2 aromatic rings. The van der Waals surface area contributed by atoms with E-state index in [9.17, 15) is 9.59 Å². The minimum absolute atomic E-state index is 0.00720. The van der Waals surface area contributed by atoms with Crippen molar-refractivity contribution in [3.63, 3.8) is 0 Å². The maximum Gasteiger partial charge on any atom is 0.326 e. The van der Waals surface area contributed by atoms with Crippen molar-refractivity contribution in [3.05, 3.63) is 64.7 Å². The summed E-state index contributed by atoms with van der Waals surface area (Å²) in [5.41, 5.74) is 1.91. The molecular formula is C21H22ClN3O3. The van der Waals surface area contributed by atoms with Crippen LogP contribution in [0, 0.1) is 0 Å². The SMILES string of the molecule is O=C(NC(=O)c1ccccc1Cl)Nc1ccc(C2ON2C2CCCCC2)cc1. The molecule has 0 aromatic heterocycles. The number of hydrogen-bond acceptors (Lipinski definition) is 4. The molecule has 2 N–H and O–H groups in total. The Labute approximate surface area is 168 Å². The second-order valence-corrected chi connectivity index (χ2v) is 7.53. The third kappa shape index (κ3) is 4.35. The highest BCUT2D eigenvalue weighted by molar-refractivity contribution is 6.34. The smallest absolute Gasteiger partial charge is 0.308 e. The van der Waals surface area contributed by atoms with Crippen molar-refractivity contribution in [2.45, 2.75) is 44.4 Å². The van der Waals surface area contributed by atoms with Gasteiger partial charge in [-0.2, -0.15) is 0 Å². The Morgan fingerprint density at radius 1 is 1.00 bits per heavy atom. The van der Waals surface area contributed by atoms with Crippen LogP contribution in [-0.4, -0.2) is 23.0 Å². The molecule has 1 saturated heterocycles. The molecule has 0 bridgehead atoms. The first-order valence-electron chi connectivity index (χ1n) is 9.54. The molecule has 1 saturated carbocycles. The van der Waals surface area contributed by atoms with Gasteiger partial charge in [-0.05, 0) is 42.7 Å². The number of urea groups is 1. The third-order valence-electron chi connectivity index (χ3n) is 5.14. The number of rotatable bonds is 4. The van der Waals surface area contributed by atoms with Crippen molar-refractivity contribution >= 4 is 29.2 Å². The standard InChI is InChI=1S/C21H22ClN3O3/c22-18-9-5-4-8-17(18)19(26)24-21(27)23-15-12-10-14(11-13-15)20-25(28-20)16-6-2-1-3-7-16/h4-5,8-13,16,20H,1-3,6-7H2,(H2,23,24,26,27). The van der Waals surface area contributed by atoms with E-state index in [4.69, 9.17) is 16.4 Å². The molecular weight excluding hydrogens is 378 g/mol. The van der Waals surface area contributed by atoms with Crippen molar-refractivity contribution in [1.82, 2.24) is 10.4 Å². The van der Waals surface area contributed by atoms with Crippen LogP contribution in [0.15, 0.2) is 48.5 Å². The summed E-state index contributed by atoms with van der Waals surface area (Å²) in [6.07, 6.45) is 6.24. The predicted molar refractivity (Wildman–Crippen MR) is 107 cm³/mol. The Kier molecular flexibility index (Phi) is 5.62. The van der Waals surface area contributed by atoms with E-state index in [0.29, 0.717) is 16.8 Å². The van der Waals surface area contributed by atoms with E-state index in [0.717, 1.165) is 5.56 Å². The molecule has 1 aliphatic heterocycles. The van der Waals surface area contributed by atoms with E-state index < -0.39 is 11.9 Å². The zero-order valence-electron chi connectivity index (χ0n) is 15.4. The van der Waals surface area contributed by atoms with Gasteiger partial charge in [0.05, 0.1) is 10.6 Å². The van der Waals surface area contributed by atoms with E-state index in [1.807, 2.05) is 12.1 Å². The lowest BCUT2D eigenvalue weighted by atomic mass is 9.95. The van der Waals surface area contributed by atoms with Crippen LogP contribution < -0.4 is 10.6 Å². The van der Waals surface area contributed by atoms with Crippen LogP contribution in [0.5, 0.6) is 0 Å². The van der Waals surface area contributed by atoms with Gasteiger partial charge < -0.3 is 5.32 Å². The lowest BCUT2D eigenvalue weighted by molar-refractivity contribution is 0.0967. The first kappa shape index (κ1) is 18.9. The number of imide groups is 1. The highest BCUT2D eigenvalue weighted by atomic mass is 35.5. The number of amides is 3. The maximum atomic E-state index is 12.1. The average Bonchev–Trinajstić information content (AvgIpc) is 3.50. The first-order valence-corrected chi connectivity index (χ1v) is 9.91. The molecule has 6 nitrogen and oxygen atoms in total. The lowest BCUT2D eigenvalue weighted by Crippen LogP contribution is -2.34. The summed E-state index contributed by atoms with van der Waals surface area (Å²) >= 11 is 5.98. The zero-order valence-corrected chi connectivity index (χ0v) is 16.1. The maximum absolute atomic E-state index is 12.1. The zero-order chi connectivity index (χ0) is 19.5. The molecule has 146 valence electrons. The van der Waals surface area contributed by atoms with E-state index in [2.05, 4.69) is 15.7 Å². The van der Waals surface area contributed by atoms with Crippen molar-refractivity contribution in [3.8, 4) is 0 Å². The van der Waals surface area contributed by atoms with Gasteiger partial charge in [0.2, 0.25) is 0 Å². The summed E-state index contributed by atoms with van der Waals surface area (Å²) in [6, 6.07) is 13.9. The number of nitrogens with zero attached hydrogens (tertiary/aromatic N) is 1. The molecule has 7 heteroatoms. The molecule has 1 aliphatic carbocycles. The van der Waals surface area contributed by atoms with Gasteiger partial charge in [-0.15, -0.1) is 5.06 Å². The summed E-state index contributed by atoms with van der Waals surface area (Å²) in [6.45, 7) is 0. The van der Waals surface area contributed by atoms with Crippen LogP contribution in [0.3, 0.4) is 0 Å².